The first kappa shape index (κ1) is 18.6. The van der Waals surface area contributed by atoms with Crippen molar-refractivity contribution in [3.8, 4) is 0 Å². The van der Waals surface area contributed by atoms with Crippen LogP contribution < -0.4 is 10.0 Å². The Kier molecular flexibility index (Phi) is 7.55. The van der Waals surface area contributed by atoms with Gasteiger partial charge in [0.25, 0.3) is 5.91 Å². The van der Waals surface area contributed by atoms with Gasteiger partial charge in [-0.05, 0) is 43.0 Å². The third kappa shape index (κ3) is 6.15. The fraction of sp³-hybridized carbons (Fsp3) is 0.562. The second-order valence-electron chi connectivity index (χ2n) is 5.71. The SMILES string of the molecule is CCCCNS(=O)(=O)c1ccc(C(=O)NCCC(C)C)cc1. The summed E-state index contributed by atoms with van der Waals surface area (Å²) < 4.78 is 26.6. The lowest BCUT2D eigenvalue weighted by molar-refractivity contribution is 0.0952. The van der Waals surface area contributed by atoms with Crippen LogP contribution in [0.4, 0.5) is 0 Å². The molecule has 124 valence electrons. The summed E-state index contributed by atoms with van der Waals surface area (Å²) >= 11 is 0. The van der Waals surface area contributed by atoms with Gasteiger partial charge in [0.2, 0.25) is 10.0 Å². The van der Waals surface area contributed by atoms with Crippen molar-refractivity contribution in [1.82, 2.24) is 10.0 Å². The number of amides is 1. The van der Waals surface area contributed by atoms with Gasteiger partial charge in [0, 0.05) is 18.7 Å². The van der Waals surface area contributed by atoms with Crippen LogP contribution in [0.2, 0.25) is 0 Å². The summed E-state index contributed by atoms with van der Waals surface area (Å²) in [5.74, 6) is 0.352. The maximum Gasteiger partial charge on any atom is 0.251 e. The molecule has 0 fully saturated rings. The molecule has 0 unspecified atom stereocenters. The molecule has 0 radical (unpaired) electrons. The van der Waals surface area contributed by atoms with Crippen LogP contribution in [-0.2, 0) is 10.0 Å². The second kappa shape index (κ2) is 8.90. The number of carbonyl (C=O) groups is 1. The summed E-state index contributed by atoms with van der Waals surface area (Å²) in [5, 5.41) is 2.83. The van der Waals surface area contributed by atoms with Crippen LogP contribution in [0.15, 0.2) is 29.2 Å². The molecule has 22 heavy (non-hydrogen) atoms. The van der Waals surface area contributed by atoms with Crippen LogP contribution in [0, 0.1) is 5.92 Å². The second-order valence-corrected chi connectivity index (χ2v) is 7.48. The van der Waals surface area contributed by atoms with E-state index in [1.165, 1.54) is 12.1 Å². The number of hydrogen-bond acceptors (Lipinski definition) is 3. The van der Waals surface area contributed by atoms with E-state index in [2.05, 4.69) is 23.9 Å². The summed E-state index contributed by atoms with van der Waals surface area (Å²) in [7, 11) is -3.48. The topological polar surface area (TPSA) is 75.3 Å². The van der Waals surface area contributed by atoms with Gasteiger partial charge in [0.05, 0.1) is 4.90 Å². The highest BCUT2D eigenvalue weighted by atomic mass is 32.2. The Labute approximate surface area is 133 Å². The number of benzene rings is 1. The zero-order valence-electron chi connectivity index (χ0n) is 13.6. The van der Waals surface area contributed by atoms with E-state index in [4.69, 9.17) is 0 Å². The average Bonchev–Trinajstić information content (AvgIpc) is 2.47. The van der Waals surface area contributed by atoms with Crippen molar-refractivity contribution in [2.45, 2.75) is 44.9 Å². The molecule has 0 aliphatic heterocycles. The first-order valence-corrected chi connectivity index (χ1v) is 9.23. The third-order valence-electron chi connectivity index (χ3n) is 3.26. The Hall–Kier alpha value is -1.40. The van der Waals surface area contributed by atoms with Crippen molar-refractivity contribution in [3.05, 3.63) is 29.8 Å². The van der Waals surface area contributed by atoms with Crippen molar-refractivity contribution in [3.63, 3.8) is 0 Å². The van der Waals surface area contributed by atoms with Crippen LogP contribution in [0.1, 0.15) is 50.4 Å². The molecule has 6 heteroatoms. The highest BCUT2D eigenvalue weighted by Gasteiger charge is 2.14. The lowest BCUT2D eigenvalue weighted by Gasteiger charge is -2.09. The number of nitrogens with one attached hydrogen (secondary N) is 2. The minimum Gasteiger partial charge on any atom is -0.352 e. The van der Waals surface area contributed by atoms with E-state index in [0.29, 0.717) is 24.6 Å². The zero-order chi connectivity index (χ0) is 16.6. The van der Waals surface area contributed by atoms with E-state index < -0.39 is 10.0 Å². The molecule has 0 saturated heterocycles. The van der Waals surface area contributed by atoms with E-state index >= 15 is 0 Å². The summed E-state index contributed by atoms with van der Waals surface area (Å²) in [6, 6.07) is 6.01. The van der Waals surface area contributed by atoms with Gasteiger partial charge in [-0.25, -0.2) is 13.1 Å². The normalized spacial score (nSPS) is 11.6. The van der Waals surface area contributed by atoms with Crippen LogP contribution in [0.5, 0.6) is 0 Å². The Balaban J connectivity index is 2.64. The molecule has 5 nitrogen and oxygen atoms in total. The first-order chi connectivity index (χ1) is 10.4. The van der Waals surface area contributed by atoms with E-state index in [0.717, 1.165) is 19.3 Å². The molecule has 0 aromatic heterocycles. The molecule has 1 amide bonds. The lowest BCUT2D eigenvalue weighted by atomic mass is 10.1. The van der Waals surface area contributed by atoms with Crippen LogP contribution in [-0.4, -0.2) is 27.4 Å². The van der Waals surface area contributed by atoms with Gasteiger partial charge in [-0.3, -0.25) is 4.79 Å². The van der Waals surface area contributed by atoms with Gasteiger partial charge in [-0.2, -0.15) is 0 Å². The van der Waals surface area contributed by atoms with E-state index in [1.807, 2.05) is 6.92 Å². The van der Waals surface area contributed by atoms with Gasteiger partial charge in [0.15, 0.2) is 0 Å². The molecule has 0 heterocycles. The Morgan fingerprint density at radius 1 is 1.14 bits per heavy atom. The van der Waals surface area contributed by atoms with Crippen LogP contribution in [0.3, 0.4) is 0 Å². The number of rotatable bonds is 9. The fourth-order valence-electron chi connectivity index (χ4n) is 1.83. The third-order valence-corrected chi connectivity index (χ3v) is 4.73. The zero-order valence-corrected chi connectivity index (χ0v) is 14.4. The molecule has 0 bridgehead atoms. The molecule has 0 aliphatic rings. The number of sulfonamides is 1. The van der Waals surface area contributed by atoms with Crippen molar-refractivity contribution >= 4 is 15.9 Å². The van der Waals surface area contributed by atoms with Crippen molar-refractivity contribution < 1.29 is 13.2 Å². The van der Waals surface area contributed by atoms with E-state index in [9.17, 15) is 13.2 Å². The molecular formula is C16H26N2O3S. The maximum atomic E-state index is 12.0. The smallest absolute Gasteiger partial charge is 0.251 e. The van der Waals surface area contributed by atoms with Crippen LogP contribution in [0.25, 0.3) is 0 Å². The van der Waals surface area contributed by atoms with Crippen molar-refractivity contribution in [2.24, 2.45) is 5.92 Å². The Bertz CT molecular complexity index is 566. The molecule has 1 aromatic rings. The Morgan fingerprint density at radius 3 is 2.32 bits per heavy atom. The minimum absolute atomic E-state index is 0.177. The molecular weight excluding hydrogens is 300 g/mol. The molecule has 0 atom stereocenters. The Morgan fingerprint density at radius 2 is 1.77 bits per heavy atom. The predicted octanol–water partition coefficient (Wildman–Crippen LogP) is 2.54. The first-order valence-electron chi connectivity index (χ1n) is 7.74. The maximum absolute atomic E-state index is 12.0. The summed E-state index contributed by atoms with van der Waals surface area (Å²) in [4.78, 5) is 12.1. The largest absolute Gasteiger partial charge is 0.352 e. The molecule has 0 aliphatic carbocycles. The predicted molar refractivity (Wildman–Crippen MR) is 88.3 cm³/mol. The molecule has 1 rings (SSSR count). The fourth-order valence-corrected chi connectivity index (χ4v) is 2.90. The monoisotopic (exact) mass is 326 g/mol. The van der Waals surface area contributed by atoms with Gasteiger partial charge < -0.3 is 5.32 Å². The van der Waals surface area contributed by atoms with Gasteiger partial charge >= 0.3 is 0 Å². The van der Waals surface area contributed by atoms with Crippen LogP contribution >= 0.6 is 0 Å². The van der Waals surface area contributed by atoms with E-state index in [-0.39, 0.29) is 10.8 Å². The van der Waals surface area contributed by atoms with Gasteiger partial charge in [-0.15, -0.1) is 0 Å². The lowest BCUT2D eigenvalue weighted by Crippen LogP contribution is -2.26. The number of carbonyl (C=O) groups excluding carboxylic acids is 1. The number of hydrogen-bond donors (Lipinski definition) is 2. The highest BCUT2D eigenvalue weighted by molar-refractivity contribution is 7.89. The van der Waals surface area contributed by atoms with E-state index in [1.54, 1.807) is 12.1 Å². The standard InChI is InChI=1S/C16H26N2O3S/c1-4-5-11-18-22(20,21)15-8-6-14(7-9-15)16(19)17-12-10-13(2)3/h6-9,13,18H,4-5,10-12H2,1-3H3,(H,17,19). The van der Waals surface area contributed by atoms with Crippen molar-refractivity contribution in [2.75, 3.05) is 13.1 Å². The number of unbranched alkanes of at least 4 members (excludes halogenated alkanes) is 1. The molecule has 0 spiro atoms. The van der Waals surface area contributed by atoms with Gasteiger partial charge in [0.1, 0.15) is 0 Å². The van der Waals surface area contributed by atoms with Gasteiger partial charge in [-0.1, -0.05) is 27.2 Å². The quantitative estimate of drug-likeness (QED) is 0.685. The summed E-state index contributed by atoms with van der Waals surface area (Å²) in [6.07, 6.45) is 2.65. The highest BCUT2D eigenvalue weighted by Crippen LogP contribution is 2.11. The average molecular weight is 326 g/mol. The molecule has 0 saturated carbocycles. The summed E-state index contributed by atoms with van der Waals surface area (Å²) in [6.45, 7) is 7.24. The molecule has 1 aromatic carbocycles. The molecule has 2 N–H and O–H groups in total. The minimum atomic E-state index is -3.48. The summed E-state index contributed by atoms with van der Waals surface area (Å²) in [5.41, 5.74) is 0.469. The van der Waals surface area contributed by atoms with Crippen molar-refractivity contribution in [1.29, 1.82) is 0 Å².